The number of likely N-dealkylation sites (tertiary alicyclic amines) is 1. The molecule has 0 aliphatic carbocycles. The van der Waals surface area contributed by atoms with Gasteiger partial charge in [0.15, 0.2) is 0 Å². The Kier molecular flexibility index (Phi) is 6.41. The first-order valence-corrected chi connectivity index (χ1v) is 9.85. The summed E-state index contributed by atoms with van der Waals surface area (Å²) in [5, 5.41) is 4.89. The summed E-state index contributed by atoms with van der Waals surface area (Å²) < 4.78 is 5.49. The van der Waals surface area contributed by atoms with Gasteiger partial charge in [-0.3, -0.25) is 9.59 Å². The highest BCUT2D eigenvalue weighted by molar-refractivity contribution is 7.12. The summed E-state index contributed by atoms with van der Waals surface area (Å²) in [5.74, 6) is -0.131. The van der Waals surface area contributed by atoms with Gasteiger partial charge in [-0.05, 0) is 42.3 Å². The summed E-state index contributed by atoms with van der Waals surface area (Å²) in [6.07, 6.45) is 1.57. The number of rotatable bonds is 7. The van der Waals surface area contributed by atoms with Crippen molar-refractivity contribution in [1.29, 1.82) is 0 Å². The molecule has 3 rings (SSSR count). The topological polar surface area (TPSA) is 58.6 Å². The van der Waals surface area contributed by atoms with E-state index in [2.05, 4.69) is 5.32 Å². The highest BCUT2D eigenvalue weighted by atomic mass is 32.1. The molecule has 1 aliphatic heterocycles. The summed E-state index contributed by atoms with van der Waals surface area (Å²) in [6.45, 7) is 4.23. The maximum atomic E-state index is 12.7. The average molecular weight is 372 g/mol. The number of carbonyl (C=O) groups is 2. The molecule has 0 bridgehead atoms. The summed E-state index contributed by atoms with van der Waals surface area (Å²) >= 11 is 1.41. The lowest BCUT2D eigenvalue weighted by molar-refractivity contribution is -0.125. The molecule has 1 aromatic heterocycles. The van der Waals surface area contributed by atoms with Gasteiger partial charge < -0.3 is 15.0 Å². The predicted octanol–water partition coefficient (Wildman–Crippen LogP) is 3.21. The largest absolute Gasteiger partial charge is 0.377 e. The SMILES string of the molecule is CCOCc1ccccc1CNC(=O)[C@@H]1CCCN1C(=O)c1cccs1. The van der Waals surface area contributed by atoms with Crippen molar-refractivity contribution >= 4 is 23.2 Å². The molecule has 2 amide bonds. The van der Waals surface area contributed by atoms with E-state index in [1.54, 1.807) is 4.90 Å². The Morgan fingerprint density at radius 2 is 2.04 bits per heavy atom. The van der Waals surface area contributed by atoms with Crippen molar-refractivity contribution in [3.05, 3.63) is 57.8 Å². The number of nitrogens with zero attached hydrogens (tertiary/aromatic N) is 1. The maximum Gasteiger partial charge on any atom is 0.264 e. The van der Waals surface area contributed by atoms with E-state index < -0.39 is 0 Å². The number of ether oxygens (including phenoxy) is 1. The number of nitrogens with one attached hydrogen (secondary N) is 1. The molecule has 5 nitrogen and oxygen atoms in total. The van der Waals surface area contributed by atoms with Gasteiger partial charge >= 0.3 is 0 Å². The van der Waals surface area contributed by atoms with Crippen molar-refractivity contribution < 1.29 is 14.3 Å². The van der Waals surface area contributed by atoms with Crippen LogP contribution in [0.5, 0.6) is 0 Å². The Morgan fingerprint density at radius 1 is 1.23 bits per heavy atom. The molecular formula is C20H24N2O3S. The summed E-state index contributed by atoms with van der Waals surface area (Å²) in [7, 11) is 0. The zero-order chi connectivity index (χ0) is 18.4. The lowest BCUT2D eigenvalue weighted by Crippen LogP contribution is -2.45. The Labute approximate surface area is 158 Å². The second-order valence-electron chi connectivity index (χ2n) is 6.26. The third kappa shape index (κ3) is 4.31. The number of hydrogen-bond acceptors (Lipinski definition) is 4. The smallest absolute Gasteiger partial charge is 0.264 e. The highest BCUT2D eigenvalue weighted by Gasteiger charge is 2.34. The molecule has 1 atom stereocenters. The van der Waals surface area contributed by atoms with Crippen molar-refractivity contribution in [3.63, 3.8) is 0 Å². The molecule has 1 fully saturated rings. The number of carbonyl (C=O) groups excluding carboxylic acids is 2. The van der Waals surface area contributed by atoms with E-state index in [1.165, 1.54) is 11.3 Å². The molecule has 1 aliphatic rings. The summed E-state index contributed by atoms with van der Waals surface area (Å²) in [6, 6.07) is 11.2. The van der Waals surface area contributed by atoms with Crippen LogP contribution in [0.4, 0.5) is 0 Å². The third-order valence-electron chi connectivity index (χ3n) is 4.58. The van der Waals surface area contributed by atoms with Crippen LogP contribution in [0.1, 0.15) is 40.6 Å². The van der Waals surface area contributed by atoms with E-state index >= 15 is 0 Å². The van der Waals surface area contributed by atoms with Gasteiger partial charge in [0.25, 0.3) is 5.91 Å². The van der Waals surface area contributed by atoms with Gasteiger partial charge in [0.05, 0.1) is 11.5 Å². The monoisotopic (exact) mass is 372 g/mol. The molecule has 138 valence electrons. The first kappa shape index (κ1) is 18.6. The van der Waals surface area contributed by atoms with Gasteiger partial charge in [-0.25, -0.2) is 0 Å². The number of thiophene rings is 1. The fraction of sp³-hybridized carbons (Fsp3) is 0.400. The Bertz CT molecular complexity index is 745. The van der Waals surface area contributed by atoms with Crippen LogP contribution in [0, 0.1) is 0 Å². The predicted molar refractivity (Wildman–Crippen MR) is 102 cm³/mol. The van der Waals surface area contributed by atoms with Crippen molar-refractivity contribution in [2.45, 2.75) is 39.0 Å². The van der Waals surface area contributed by atoms with Gasteiger partial charge in [-0.1, -0.05) is 30.3 Å². The molecule has 2 aromatic rings. The lowest BCUT2D eigenvalue weighted by Gasteiger charge is -2.23. The van der Waals surface area contributed by atoms with Crippen LogP contribution in [-0.2, 0) is 22.7 Å². The molecule has 1 saturated heterocycles. The quantitative estimate of drug-likeness (QED) is 0.812. The Morgan fingerprint density at radius 3 is 2.77 bits per heavy atom. The molecule has 0 saturated carbocycles. The van der Waals surface area contributed by atoms with Crippen molar-refractivity contribution in [2.24, 2.45) is 0 Å². The van der Waals surface area contributed by atoms with E-state index in [4.69, 9.17) is 4.74 Å². The fourth-order valence-electron chi connectivity index (χ4n) is 3.21. The van der Waals surface area contributed by atoms with Gasteiger partial charge in [-0.15, -0.1) is 11.3 Å². The minimum absolute atomic E-state index is 0.0469. The Hall–Kier alpha value is -2.18. The van der Waals surface area contributed by atoms with Crippen LogP contribution < -0.4 is 5.32 Å². The van der Waals surface area contributed by atoms with Crippen molar-refractivity contribution in [3.8, 4) is 0 Å². The highest BCUT2D eigenvalue weighted by Crippen LogP contribution is 2.22. The van der Waals surface area contributed by atoms with E-state index in [0.29, 0.717) is 37.6 Å². The van der Waals surface area contributed by atoms with Crippen molar-refractivity contribution in [1.82, 2.24) is 10.2 Å². The second-order valence-corrected chi connectivity index (χ2v) is 7.21. The molecule has 0 unspecified atom stereocenters. The first-order chi connectivity index (χ1) is 12.7. The van der Waals surface area contributed by atoms with Crippen molar-refractivity contribution in [2.75, 3.05) is 13.2 Å². The lowest BCUT2D eigenvalue weighted by atomic mass is 10.1. The second kappa shape index (κ2) is 8.96. The van der Waals surface area contributed by atoms with Crippen LogP contribution in [0.3, 0.4) is 0 Å². The third-order valence-corrected chi connectivity index (χ3v) is 5.44. The maximum absolute atomic E-state index is 12.7. The molecule has 1 N–H and O–H groups in total. The standard InChI is InChI=1S/C20H24N2O3S/c1-2-25-14-16-8-4-3-7-15(16)13-21-19(23)17-9-5-11-22(17)20(24)18-10-6-12-26-18/h3-4,6-8,10,12,17H,2,5,9,11,13-14H2,1H3,(H,21,23)/t17-/m0/s1. The average Bonchev–Trinajstić information content (AvgIpc) is 3.36. The van der Waals surface area contributed by atoms with Gasteiger partial charge in [0.2, 0.25) is 5.91 Å². The molecule has 6 heteroatoms. The van der Waals surface area contributed by atoms with E-state index in [0.717, 1.165) is 17.5 Å². The van der Waals surface area contributed by atoms with E-state index in [-0.39, 0.29) is 17.9 Å². The van der Waals surface area contributed by atoms with E-state index in [1.807, 2.05) is 48.7 Å². The van der Waals surface area contributed by atoms with Crippen LogP contribution in [0.25, 0.3) is 0 Å². The molecular weight excluding hydrogens is 348 g/mol. The minimum Gasteiger partial charge on any atom is -0.377 e. The molecule has 0 radical (unpaired) electrons. The number of amides is 2. The fourth-order valence-corrected chi connectivity index (χ4v) is 3.89. The molecule has 1 aromatic carbocycles. The Balaban J connectivity index is 1.62. The normalized spacial score (nSPS) is 16.7. The number of benzene rings is 1. The zero-order valence-electron chi connectivity index (χ0n) is 14.9. The van der Waals surface area contributed by atoms with Gasteiger partial charge in [-0.2, -0.15) is 0 Å². The number of hydrogen-bond donors (Lipinski definition) is 1. The zero-order valence-corrected chi connectivity index (χ0v) is 15.8. The van der Waals surface area contributed by atoms with Crippen LogP contribution in [0.15, 0.2) is 41.8 Å². The summed E-state index contributed by atoms with van der Waals surface area (Å²) in [4.78, 5) is 27.7. The molecule has 26 heavy (non-hydrogen) atoms. The van der Waals surface area contributed by atoms with Gasteiger partial charge in [0.1, 0.15) is 6.04 Å². The minimum atomic E-state index is -0.386. The van der Waals surface area contributed by atoms with Gasteiger partial charge in [0, 0.05) is 19.7 Å². The van der Waals surface area contributed by atoms with E-state index in [9.17, 15) is 9.59 Å². The van der Waals surface area contributed by atoms with Crippen LogP contribution in [0.2, 0.25) is 0 Å². The molecule has 0 spiro atoms. The van der Waals surface area contributed by atoms with Crippen LogP contribution >= 0.6 is 11.3 Å². The van der Waals surface area contributed by atoms with Crippen LogP contribution in [-0.4, -0.2) is 35.9 Å². The summed E-state index contributed by atoms with van der Waals surface area (Å²) in [5.41, 5.74) is 2.12. The first-order valence-electron chi connectivity index (χ1n) is 8.97. The molecule has 2 heterocycles.